The Morgan fingerprint density at radius 1 is 1.20 bits per heavy atom. The van der Waals surface area contributed by atoms with Crippen LogP contribution in [-0.2, 0) is 13.6 Å². The summed E-state index contributed by atoms with van der Waals surface area (Å²) in [5, 5.41) is 4.22. The van der Waals surface area contributed by atoms with Crippen molar-refractivity contribution in [2.24, 2.45) is 7.05 Å². The molecule has 0 aromatic carbocycles. The van der Waals surface area contributed by atoms with Crippen LogP contribution in [0, 0.1) is 0 Å². The standard InChI is InChI=1S/C17H21N7O/c1-21-11-14(10-19-21)12-22-5-3-7-23(9-8-22)16(25)15-13-24-6-2-4-18-17(24)20-15/h2,4,6,10-11,13H,3,5,7-9,12H2,1H3. The molecule has 0 saturated carbocycles. The molecule has 25 heavy (non-hydrogen) atoms. The average molecular weight is 339 g/mol. The fourth-order valence-corrected chi connectivity index (χ4v) is 3.24. The number of hydrogen-bond acceptors (Lipinski definition) is 5. The van der Waals surface area contributed by atoms with Crippen molar-refractivity contribution < 1.29 is 4.79 Å². The van der Waals surface area contributed by atoms with Crippen LogP contribution >= 0.6 is 0 Å². The number of nitrogens with zero attached hydrogens (tertiary/aromatic N) is 7. The highest BCUT2D eigenvalue weighted by atomic mass is 16.2. The summed E-state index contributed by atoms with van der Waals surface area (Å²) < 4.78 is 3.60. The van der Waals surface area contributed by atoms with Crippen LogP contribution in [-0.4, -0.2) is 66.0 Å². The minimum atomic E-state index is -0.0197. The topological polar surface area (TPSA) is 71.6 Å². The molecule has 1 fully saturated rings. The Hall–Kier alpha value is -2.74. The number of fused-ring (bicyclic) bond motifs is 1. The third kappa shape index (κ3) is 3.39. The number of amides is 1. The first-order chi connectivity index (χ1) is 12.2. The van der Waals surface area contributed by atoms with E-state index in [0.29, 0.717) is 18.0 Å². The maximum absolute atomic E-state index is 12.8. The molecule has 3 aromatic heterocycles. The van der Waals surface area contributed by atoms with Gasteiger partial charge in [-0.1, -0.05) is 0 Å². The first-order valence-electron chi connectivity index (χ1n) is 8.48. The van der Waals surface area contributed by atoms with Crippen molar-refractivity contribution in [2.75, 3.05) is 26.2 Å². The molecule has 8 nitrogen and oxygen atoms in total. The number of carbonyl (C=O) groups is 1. The fourth-order valence-electron chi connectivity index (χ4n) is 3.24. The fraction of sp³-hybridized carbons (Fsp3) is 0.412. The highest BCUT2D eigenvalue weighted by molar-refractivity contribution is 5.92. The molecule has 130 valence electrons. The van der Waals surface area contributed by atoms with Gasteiger partial charge in [0.05, 0.1) is 6.20 Å². The van der Waals surface area contributed by atoms with E-state index in [1.807, 2.05) is 41.3 Å². The lowest BCUT2D eigenvalue weighted by atomic mass is 10.3. The summed E-state index contributed by atoms with van der Waals surface area (Å²) in [6.45, 7) is 4.16. The van der Waals surface area contributed by atoms with E-state index in [-0.39, 0.29) is 5.91 Å². The van der Waals surface area contributed by atoms with Crippen molar-refractivity contribution in [1.29, 1.82) is 0 Å². The van der Waals surface area contributed by atoms with Gasteiger partial charge in [-0.15, -0.1) is 0 Å². The van der Waals surface area contributed by atoms with Crippen molar-refractivity contribution in [3.8, 4) is 0 Å². The maximum Gasteiger partial charge on any atom is 0.274 e. The third-order valence-electron chi connectivity index (χ3n) is 4.49. The largest absolute Gasteiger partial charge is 0.336 e. The average Bonchev–Trinajstić information content (AvgIpc) is 3.15. The Morgan fingerprint density at radius 2 is 2.12 bits per heavy atom. The van der Waals surface area contributed by atoms with Crippen LogP contribution in [0.3, 0.4) is 0 Å². The zero-order valence-electron chi connectivity index (χ0n) is 14.2. The highest BCUT2D eigenvalue weighted by Crippen LogP contribution is 2.12. The third-order valence-corrected chi connectivity index (χ3v) is 4.49. The lowest BCUT2D eigenvalue weighted by Gasteiger charge is -2.21. The number of aromatic nitrogens is 5. The number of aryl methyl sites for hydroxylation is 1. The second-order valence-electron chi connectivity index (χ2n) is 6.40. The zero-order valence-corrected chi connectivity index (χ0v) is 14.2. The normalized spacial score (nSPS) is 16.3. The van der Waals surface area contributed by atoms with Crippen molar-refractivity contribution in [2.45, 2.75) is 13.0 Å². The number of rotatable bonds is 3. The van der Waals surface area contributed by atoms with Crippen LogP contribution in [0.15, 0.2) is 37.1 Å². The van der Waals surface area contributed by atoms with E-state index in [1.165, 1.54) is 5.56 Å². The smallest absolute Gasteiger partial charge is 0.274 e. The Bertz CT molecular complexity index is 851. The molecular formula is C17H21N7O. The van der Waals surface area contributed by atoms with Crippen LogP contribution in [0.5, 0.6) is 0 Å². The number of carbonyl (C=O) groups excluding carboxylic acids is 1. The molecule has 8 heteroatoms. The summed E-state index contributed by atoms with van der Waals surface area (Å²) in [7, 11) is 1.93. The molecular weight excluding hydrogens is 318 g/mol. The van der Waals surface area contributed by atoms with Crippen molar-refractivity contribution in [3.05, 3.63) is 48.3 Å². The quantitative estimate of drug-likeness (QED) is 0.706. The van der Waals surface area contributed by atoms with Gasteiger partial charge in [-0.2, -0.15) is 5.10 Å². The van der Waals surface area contributed by atoms with Gasteiger partial charge in [-0.25, -0.2) is 9.97 Å². The van der Waals surface area contributed by atoms with E-state index in [4.69, 9.17) is 0 Å². The van der Waals surface area contributed by atoms with Crippen LogP contribution in [0.2, 0.25) is 0 Å². The van der Waals surface area contributed by atoms with Gasteiger partial charge in [0.1, 0.15) is 5.69 Å². The Kier molecular flexibility index (Phi) is 4.19. The van der Waals surface area contributed by atoms with Gasteiger partial charge < -0.3 is 4.90 Å². The van der Waals surface area contributed by atoms with E-state index in [0.717, 1.165) is 32.6 Å². The second-order valence-corrected chi connectivity index (χ2v) is 6.40. The molecule has 0 aliphatic carbocycles. The summed E-state index contributed by atoms with van der Waals surface area (Å²) in [5.74, 6) is 0.535. The molecule has 4 heterocycles. The summed E-state index contributed by atoms with van der Waals surface area (Å²) in [5.41, 5.74) is 1.66. The van der Waals surface area contributed by atoms with E-state index < -0.39 is 0 Å². The predicted octanol–water partition coefficient (Wildman–Crippen LogP) is 0.811. The molecule has 3 aromatic rings. The van der Waals surface area contributed by atoms with Crippen molar-refractivity contribution in [1.82, 2.24) is 33.9 Å². The maximum atomic E-state index is 12.8. The van der Waals surface area contributed by atoms with Gasteiger partial charge in [0.15, 0.2) is 0 Å². The molecule has 4 rings (SSSR count). The molecule has 1 amide bonds. The minimum absolute atomic E-state index is 0.0197. The number of hydrogen-bond donors (Lipinski definition) is 0. The lowest BCUT2D eigenvalue weighted by molar-refractivity contribution is 0.0756. The van der Waals surface area contributed by atoms with Crippen LogP contribution < -0.4 is 0 Å². The molecule has 1 aliphatic heterocycles. The van der Waals surface area contributed by atoms with Crippen molar-refractivity contribution in [3.63, 3.8) is 0 Å². The Morgan fingerprint density at radius 3 is 2.92 bits per heavy atom. The Balaban J connectivity index is 1.42. The summed E-state index contributed by atoms with van der Waals surface area (Å²) >= 11 is 0. The SMILES string of the molecule is Cn1cc(CN2CCCN(C(=O)c3cn4cccnc4n3)CC2)cn1. The van der Waals surface area contributed by atoms with Crippen LogP contribution in [0.1, 0.15) is 22.5 Å². The lowest BCUT2D eigenvalue weighted by Crippen LogP contribution is -2.35. The predicted molar refractivity (Wildman–Crippen MR) is 92.0 cm³/mol. The van der Waals surface area contributed by atoms with Gasteiger partial charge in [0, 0.05) is 70.1 Å². The molecule has 0 spiro atoms. The van der Waals surface area contributed by atoms with Crippen molar-refractivity contribution >= 4 is 11.7 Å². The summed E-state index contributed by atoms with van der Waals surface area (Å²) in [4.78, 5) is 25.6. The zero-order chi connectivity index (χ0) is 17.2. The summed E-state index contributed by atoms with van der Waals surface area (Å²) in [6.07, 6.45) is 10.2. The van der Waals surface area contributed by atoms with E-state index in [1.54, 1.807) is 16.8 Å². The van der Waals surface area contributed by atoms with Crippen LogP contribution in [0.4, 0.5) is 0 Å². The first-order valence-corrected chi connectivity index (χ1v) is 8.48. The minimum Gasteiger partial charge on any atom is -0.336 e. The van der Waals surface area contributed by atoms with E-state index >= 15 is 0 Å². The second kappa shape index (κ2) is 6.64. The molecule has 1 aliphatic rings. The molecule has 0 unspecified atom stereocenters. The highest BCUT2D eigenvalue weighted by Gasteiger charge is 2.22. The summed E-state index contributed by atoms with van der Waals surface area (Å²) in [6, 6.07) is 1.82. The first kappa shape index (κ1) is 15.8. The van der Waals surface area contributed by atoms with Crippen LogP contribution in [0.25, 0.3) is 5.78 Å². The molecule has 0 bridgehead atoms. The molecule has 0 atom stereocenters. The molecule has 0 N–H and O–H groups in total. The van der Waals surface area contributed by atoms with E-state index in [2.05, 4.69) is 20.0 Å². The number of imidazole rings is 1. The molecule has 1 saturated heterocycles. The Labute approximate surface area is 145 Å². The van der Waals surface area contributed by atoms with Gasteiger partial charge in [0.25, 0.3) is 5.91 Å². The molecule has 0 radical (unpaired) electrons. The van der Waals surface area contributed by atoms with Gasteiger partial charge in [0.2, 0.25) is 5.78 Å². The van der Waals surface area contributed by atoms with Gasteiger partial charge in [-0.05, 0) is 12.5 Å². The van der Waals surface area contributed by atoms with E-state index in [9.17, 15) is 4.79 Å². The van der Waals surface area contributed by atoms with Gasteiger partial charge >= 0.3 is 0 Å². The van der Waals surface area contributed by atoms with Gasteiger partial charge in [-0.3, -0.25) is 18.8 Å². The monoisotopic (exact) mass is 339 g/mol.